The number of halogens is 2. The fraction of sp³-hybridized carbons (Fsp3) is 0.167. The summed E-state index contributed by atoms with van der Waals surface area (Å²) in [7, 11) is 1.49. The minimum Gasteiger partial charge on any atom is -0.480 e. The van der Waals surface area contributed by atoms with Gasteiger partial charge in [-0.25, -0.2) is 0 Å². The highest BCUT2D eigenvalue weighted by Crippen LogP contribution is 2.32. The van der Waals surface area contributed by atoms with Gasteiger partial charge in [0, 0.05) is 11.6 Å². The molecule has 18 heavy (non-hydrogen) atoms. The molecule has 1 N–H and O–H groups in total. The number of rotatable bonds is 3. The largest absolute Gasteiger partial charge is 0.480 e. The van der Waals surface area contributed by atoms with Crippen molar-refractivity contribution in [2.45, 2.75) is 6.10 Å². The number of nitrogens with zero attached hydrogens (tertiary/aromatic N) is 2. The van der Waals surface area contributed by atoms with Gasteiger partial charge in [0.05, 0.1) is 22.8 Å². The third-order valence-corrected chi connectivity index (χ3v) is 3.26. The van der Waals surface area contributed by atoms with Crippen molar-refractivity contribution in [1.82, 2.24) is 10.2 Å². The molecule has 1 heterocycles. The Morgan fingerprint density at radius 2 is 1.94 bits per heavy atom. The van der Waals surface area contributed by atoms with Crippen molar-refractivity contribution in [3.8, 4) is 5.88 Å². The van der Waals surface area contributed by atoms with E-state index in [1.807, 2.05) is 0 Å². The van der Waals surface area contributed by atoms with E-state index < -0.39 is 6.10 Å². The Balaban J connectivity index is 2.35. The molecule has 0 bridgehead atoms. The van der Waals surface area contributed by atoms with Crippen LogP contribution < -0.4 is 4.74 Å². The molecule has 0 spiro atoms. The van der Waals surface area contributed by atoms with Gasteiger partial charge in [-0.2, -0.15) is 0 Å². The minimum atomic E-state index is -0.977. The van der Waals surface area contributed by atoms with E-state index in [1.54, 1.807) is 30.3 Å². The molecule has 1 aromatic heterocycles. The highest BCUT2D eigenvalue weighted by Gasteiger charge is 2.17. The lowest BCUT2D eigenvalue weighted by molar-refractivity contribution is 0.213. The monoisotopic (exact) mass is 284 g/mol. The average Bonchev–Trinajstić information content (AvgIpc) is 2.41. The molecular weight excluding hydrogens is 275 g/mol. The maximum absolute atomic E-state index is 10.2. The van der Waals surface area contributed by atoms with E-state index in [4.69, 9.17) is 27.9 Å². The summed E-state index contributed by atoms with van der Waals surface area (Å²) in [5.41, 5.74) is 0.864. The second-order valence-corrected chi connectivity index (χ2v) is 4.33. The second-order valence-electron chi connectivity index (χ2n) is 3.55. The molecular formula is C12H10Cl2N2O2. The van der Waals surface area contributed by atoms with Crippen LogP contribution >= 0.6 is 23.2 Å². The number of hydrogen-bond acceptors (Lipinski definition) is 4. The van der Waals surface area contributed by atoms with Crippen molar-refractivity contribution in [2.75, 3.05) is 7.11 Å². The normalized spacial score (nSPS) is 12.2. The molecule has 94 valence electrons. The van der Waals surface area contributed by atoms with E-state index in [-0.39, 0.29) is 0 Å². The third-order valence-electron chi connectivity index (χ3n) is 2.43. The van der Waals surface area contributed by atoms with Gasteiger partial charge in [0.2, 0.25) is 5.88 Å². The summed E-state index contributed by atoms with van der Waals surface area (Å²) in [5.74, 6) is 0.378. The lowest BCUT2D eigenvalue weighted by Gasteiger charge is -2.12. The first-order valence-corrected chi connectivity index (χ1v) is 5.88. The third kappa shape index (κ3) is 2.56. The van der Waals surface area contributed by atoms with E-state index in [0.29, 0.717) is 27.2 Å². The van der Waals surface area contributed by atoms with Crippen LogP contribution in [0.5, 0.6) is 5.88 Å². The van der Waals surface area contributed by atoms with Gasteiger partial charge in [0.25, 0.3) is 0 Å². The van der Waals surface area contributed by atoms with Crippen molar-refractivity contribution in [2.24, 2.45) is 0 Å². The molecule has 4 nitrogen and oxygen atoms in total. The van der Waals surface area contributed by atoms with Gasteiger partial charge in [-0.3, -0.25) is 0 Å². The topological polar surface area (TPSA) is 55.2 Å². The summed E-state index contributed by atoms with van der Waals surface area (Å²) in [4.78, 5) is 0. The van der Waals surface area contributed by atoms with Crippen LogP contribution in [0.3, 0.4) is 0 Å². The summed E-state index contributed by atoms with van der Waals surface area (Å²) in [6, 6.07) is 8.28. The van der Waals surface area contributed by atoms with Crippen molar-refractivity contribution < 1.29 is 9.84 Å². The highest BCUT2D eigenvalue weighted by atomic mass is 35.5. The summed E-state index contributed by atoms with van der Waals surface area (Å²) in [6.45, 7) is 0. The van der Waals surface area contributed by atoms with E-state index in [0.717, 1.165) is 0 Å². The van der Waals surface area contributed by atoms with Gasteiger partial charge in [-0.1, -0.05) is 35.3 Å². The van der Waals surface area contributed by atoms with Crippen molar-refractivity contribution in [3.05, 3.63) is 51.6 Å². The zero-order chi connectivity index (χ0) is 13.1. The van der Waals surface area contributed by atoms with E-state index in [9.17, 15) is 5.11 Å². The summed E-state index contributed by atoms with van der Waals surface area (Å²) in [5, 5.41) is 18.5. The molecule has 0 radical (unpaired) electrons. The molecule has 1 atom stereocenters. The van der Waals surface area contributed by atoms with Crippen LogP contribution in [0.1, 0.15) is 17.4 Å². The molecule has 6 heteroatoms. The molecule has 0 saturated heterocycles. The minimum absolute atomic E-state index is 0.310. The summed E-state index contributed by atoms with van der Waals surface area (Å²) in [6.07, 6.45) is -0.977. The van der Waals surface area contributed by atoms with Crippen LogP contribution in [0.4, 0.5) is 0 Å². The molecule has 0 fully saturated rings. The van der Waals surface area contributed by atoms with E-state index in [1.165, 1.54) is 7.11 Å². The molecule has 2 aromatic rings. The van der Waals surface area contributed by atoms with Crippen LogP contribution in [-0.4, -0.2) is 22.4 Å². The zero-order valence-corrected chi connectivity index (χ0v) is 11.0. The number of aliphatic hydroxyl groups is 1. The number of ether oxygens (including phenoxy) is 1. The number of aliphatic hydroxyl groups excluding tert-OH is 1. The smallest absolute Gasteiger partial charge is 0.233 e. The maximum atomic E-state index is 10.2. The van der Waals surface area contributed by atoms with Crippen LogP contribution in [0.2, 0.25) is 10.0 Å². The predicted molar refractivity (Wildman–Crippen MR) is 69.1 cm³/mol. The zero-order valence-electron chi connectivity index (χ0n) is 9.47. The van der Waals surface area contributed by atoms with Crippen molar-refractivity contribution in [3.63, 3.8) is 0 Å². The Kier molecular flexibility index (Phi) is 4.01. The molecule has 0 saturated carbocycles. The number of hydrogen-bond donors (Lipinski definition) is 1. The molecule has 1 unspecified atom stereocenters. The van der Waals surface area contributed by atoms with Gasteiger partial charge in [-0.05, 0) is 12.1 Å². The van der Waals surface area contributed by atoms with E-state index in [2.05, 4.69) is 10.2 Å². The van der Waals surface area contributed by atoms with Gasteiger partial charge >= 0.3 is 0 Å². The number of methoxy groups -OCH3 is 1. The number of benzene rings is 1. The van der Waals surface area contributed by atoms with Crippen molar-refractivity contribution >= 4 is 23.2 Å². The molecule has 1 aromatic carbocycles. The fourth-order valence-electron chi connectivity index (χ4n) is 1.48. The first-order chi connectivity index (χ1) is 8.63. The molecule has 0 aliphatic rings. The Hall–Kier alpha value is -1.36. The highest BCUT2D eigenvalue weighted by molar-refractivity contribution is 6.42. The standard InChI is InChI=1S/C12H10Cl2N2O2/c1-18-10-6-5-9(15-16-10)12(17)7-3-2-4-8(13)11(7)14/h2-6,12,17H,1H3. The Labute approximate surface area is 114 Å². The van der Waals surface area contributed by atoms with Crippen LogP contribution in [-0.2, 0) is 0 Å². The SMILES string of the molecule is COc1ccc(C(O)c2cccc(Cl)c2Cl)nn1. The Bertz CT molecular complexity index is 546. The van der Waals surface area contributed by atoms with Gasteiger partial charge in [-0.15, -0.1) is 10.2 Å². The molecule has 0 aliphatic heterocycles. The summed E-state index contributed by atoms with van der Waals surface area (Å²) < 4.78 is 4.90. The van der Waals surface area contributed by atoms with Crippen LogP contribution in [0.15, 0.2) is 30.3 Å². The van der Waals surface area contributed by atoms with Crippen molar-refractivity contribution in [1.29, 1.82) is 0 Å². The van der Waals surface area contributed by atoms with Crippen LogP contribution in [0, 0.1) is 0 Å². The Morgan fingerprint density at radius 1 is 1.17 bits per heavy atom. The molecule has 2 rings (SSSR count). The van der Waals surface area contributed by atoms with E-state index >= 15 is 0 Å². The van der Waals surface area contributed by atoms with Gasteiger partial charge in [0.1, 0.15) is 6.10 Å². The first-order valence-electron chi connectivity index (χ1n) is 5.13. The Morgan fingerprint density at radius 3 is 2.56 bits per heavy atom. The molecule has 0 amide bonds. The lowest BCUT2D eigenvalue weighted by atomic mass is 10.1. The second kappa shape index (κ2) is 5.52. The fourth-order valence-corrected chi connectivity index (χ4v) is 1.89. The number of aromatic nitrogens is 2. The molecule has 0 aliphatic carbocycles. The quantitative estimate of drug-likeness (QED) is 0.942. The predicted octanol–water partition coefficient (Wildman–Crippen LogP) is 2.87. The van der Waals surface area contributed by atoms with Gasteiger partial charge < -0.3 is 9.84 Å². The average molecular weight is 285 g/mol. The maximum Gasteiger partial charge on any atom is 0.233 e. The van der Waals surface area contributed by atoms with Crippen LogP contribution in [0.25, 0.3) is 0 Å². The summed E-state index contributed by atoms with van der Waals surface area (Å²) >= 11 is 11.9. The van der Waals surface area contributed by atoms with Gasteiger partial charge in [0.15, 0.2) is 0 Å². The lowest BCUT2D eigenvalue weighted by Crippen LogP contribution is -2.05. The first kappa shape index (κ1) is 13.1.